The number of anilines is 3. The van der Waals surface area contributed by atoms with Crippen LogP contribution in [0.25, 0.3) is 44.5 Å². The fourth-order valence-corrected chi connectivity index (χ4v) is 8.62. The fraction of sp³-hybridized carbons (Fsp3) is 0.125. The third-order valence-corrected chi connectivity index (χ3v) is 11.1. The number of hydrogen-bond acceptors (Lipinski definition) is 1. The van der Waals surface area contributed by atoms with Gasteiger partial charge in [-0.15, -0.1) is 0 Å². The lowest BCUT2D eigenvalue weighted by Gasteiger charge is -2.34. The van der Waals surface area contributed by atoms with E-state index >= 15 is 0 Å². The molecular weight excluding hydrogens is 591 g/mol. The summed E-state index contributed by atoms with van der Waals surface area (Å²) in [6.45, 7) is 9.54. The molecule has 0 fully saturated rings. The second-order valence-electron chi connectivity index (χ2n) is 14.6. The second-order valence-corrected chi connectivity index (χ2v) is 14.6. The molecule has 1 heteroatoms. The standard InChI is InChI=1S/C48H39N/c1-47(2)42-30-34(32-16-7-5-8-17-32)26-28-38(42)39-29-27-35(31-43(39)47)49(44-24-14-12-20-36(44)33-18-9-6-10-19-33)45-25-15-22-40-37-21-11-13-23-41(37)48(3,4)46(40)45/h5-31H,1-4H3. The minimum Gasteiger partial charge on any atom is -0.310 e. The molecule has 0 saturated heterocycles. The molecule has 0 spiro atoms. The van der Waals surface area contributed by atoms with Crippen molar-refractivity contribution >= 4 is 17.1 Å². The Morgan fingerprint density at radius 2 is 0.898 bits per heavy atom. The second kappa shape index (κ2) is 10.9. The molecule has 0 bridgehead atoms. The molecule has 0 aromatic heterocycles. The first-order chi connectivity index (χ1) is 23.8. The van der Waals surface area contributed by atoms with Gasteiger partial charge in [0.2, 0.25) is 0 Å². The Labute approximate surface area is 290 Å². The summed E-state index contributed by atoms with van der Waals surface area (Å²) in [5.41, 5.74) is 19.0. The topological polar surface area (TPSA) is 3.24 Å². The van der Waals surface area contributed by atoms with E-state index in [1.54, 1.807) is 0 Å². The van der Waals surface area contributed by atoms with Crippen molar-refractivity contribution in [1.82, 2.24) is 0 Å². The fourth-order valence-electron chi connectivity index (χ4n) is 8.62. The third-order valence-electron chi connectivity index (χ3n) is 11.1. The van der Waals surface area contributed by atoms with Crippen molar-refractivity contribution in [2.75, 3.05) is 4.90 Å². The molecule has 0 aliphatic heterocycles. The van der Waals surface area contributed by atoms with Crippen molar-refractivity contribution in [3.63, 3.8) is 0 Å². The Kier molecular flexibility index (Phi) is 6.58. The molecule has 0 radical (unpaired) electrons. The van der Waals surface area contributed by atoms with Crippen LogP contribution in [-0.2, 0) is 10.8 Å². The summed E-state index contributed by atoms with van der Waals surface area (Å²) in [7, 11) is 0. The maximum Gasteiger partial charge on any atom is 0.0540 e. The summed E-state index contributed by atoms with van der Waals surface area (Å²) in [5, 5.41) is 0. The van der Waals surface area contributed by atoms with E-state index in [0.29, 0.717) is 0 Å². The van der Waals surface area contributed by atoms with E-state index in [4.69, 9.17) is 0 Å². The lowest BCUT2D eigenvalue weighted by molar-refractivity contribution is 0.659. The van der Waals surface area contributed by atoms with Crippen molar-refractivity contribution in [3.8, 4) is 44.5 Å². The van der Waals surface area contributed by atoms with Crippen LogP contribution in [0.5, 0.6) is 0 Å². The maximum atomic E-state index is 2.53. The van der Waals surface area contributed by atoms with Gasteiger partial charge in [0.05, 0.1) is 11.4 Å². The van der Waals surface area contributed by atoms with Crippen molar-refractivity contribution < 1.29 is 0 Å². The molecule has 2 aliphatic rings. The highest BCUT2D eigenvalue weighted by Crippen LogP contribution is 2.56. The molecule has 7 aromatic rings. The quantitative estimate of drug-likeness (QED) is 0.183. The lowest BCUT2D eigenvalue weighted by Crippen LogP contribution is -2.21. The molecule has 2 aliphatic carbocycles. The van der Waals surface area contributed by atoms with Crippen molar-refractivity contribution in [2.45, 2.75) is 38.5 Å². The van der Waals surface area contributed by atoms with Gasteiger partial charge in [0.25, 0.3) is 0 Å². The first-order valence-corrected chi connectivity index (χ1v) is 17.4. The predicted molar refractivity (Wildman–Crippen MR) is 207 cm³/mol. The van der Waals surface area contributed by atoms with Crippen molar-refractivity contribution in [1.29, 1.82) is 0 Å². The number of fused-ring (bicyclic) bond motifs is 6. The van der Waals surface area contributed by atoms with Gasteiger partial charge in [-0.3, -0.25) is 0 Å². The van der Waals surface area contributed by atoms with E-state index in [0.717, 1.165) is 0 Å². The molecule has 0 amide bonds. The van der Waals surface area contributed by atoms with Crippen LogP contribution in [0.4, 0.5) is 17.1 Å². The predicted octanol–water partition coefficient (Wildman–Crippen LogP) is 13.1. The zero-order valence-corrected chi connectivity index (χ0v) is 28.5. The summed E-state index contributed by atoms with van der Waals surface area (Å²) in [6, 6.07) is 60.4. The Balaban J connectivity index is 1.27. The van der Waals surface area contributed by atoms with E-state index in [9.17, 15) is 0 Å². The average molecular weight is 630 g/mol. The van der Waals surface area contributed by atoms with Gasteiger partial charge in [-0.2, -0.15) is 0 Å². The van der Waals surface area contributed by atoms with E-state index in [1.165, 1.54) is 83.8 Å². The maximum absolute atomic E-state index is 2.53. The average Bonchev–Trinajstić information content (AvgIpc) is 3.52. The molecule has 0 N–H and O–H groups in total. The van der Waals surface area contributed by atoms with Gasteiger partial charge in [-0.25, -0.2) is 0 Å². The Morgan fingerprint density at radius 3 is 1.65 bits per heavy atom. The van der Waals surface area contributed by atoms with Crippen molar-refractivity contribution in [2.24, 2.45) is 0 Å². The molecule has 0 heterocycles. The monoisotopic (exact) mass is 629 g/mol. The molecule has 1 nitrogen and oxygen atoms in total. The number of para-hydroxylation sites is 1. The molecule has 0 unspecified atom stereocenters. The van der Waals surface area contributed by atoms with Gasteiger partial charge in [0.1, 0.15) is 0 Å². The van der Waals surface area contributed by atoms with Crippen LogP contribution in [0.1, 0.15) is 49.9 Å². The number of rotatable bonds is 5. The molecule has 9 rings (SSSR count). The molecule has 49 heavy (non-hydrogen) atoms. The SMILES string of the molecule is CC1(C)c2cc(-c3ccccc3)ccc2-c2ccc(N(c3ccccc3-c3ccccc3)c3cccc4c3C(C)(C)c3ccccc3-4)cc21. The van der Waals surface area contributed by atoms with Gasteiger partial charge in [0.15, 0.2) is 0 Å². The number of benzene rings is 7. The van der Waals surface area contributed by atoms with Crippen LogP contribution in [0.3, 0.4) is 0 Å². The van der Waals surface area contributed by atoms with Gasteiger partial charge >= 0.3 is 0 Å². The molecule has 236 valence electrons. The first-order valence-electron chi connectivity index (χ1n) is 17.4. The summed E-state index contributed by atoms with van der Waals surface area (Å²) < 4.78 is 0. The molecular formula is C48H39N. The minimum absolute atomic E-state index is 0.162. The Hall–Kier alpha value is -5.66. The minimum atomic E-state index is -0.164. The Morgan fingerprint density at radius 1 is 0.347 bits per heavy atom. The van der Waals surface area contributed by atoms with Crippen LogP contribution in [-0.4, -0.2) is 0 Å². The van der Waals surface area contributed by atoms with Crippen LogP contribution in [0.15, 0.2) is 164 Å². The third kappa shape index (κ3) is 4.46. The highest BCUT2D eigenvalue weighted by molar-refractivity contribution is 5.95. The van der Waals surface area contributed by atoms with Crippen molar-refractivity contribution in [3.05, 3.63) is 186 Å². The largest absolute Gasteiger partial charge is 0.310 e. The van der Waals surface area contributed by atoms with E-state index in [2.05, 4.69) is 196 Å². The normalized spacial score (nSPS) is 14.4. The highest BCUT2D eigenvalue weighted by Gasteiger charge is 2.40. The molecule has 7 aromatic carbocycles. The van der Waals surface area contributed by atoms with Gasteiger partial charge < -0.3 is 4.90 Å². The number of hydrogen-bond donors (Lipinski definition) is 0. The summed E-state index contributed by atoms with van der Waals surface area (Å²) in [6.07, 6.45) is 0. The first kappa shape index (κ1) is 29.5. The number of nitrogens with zero attached hydrogens (tertiary/aromatic N) is 1. The zero-order chi connectivity index (χ0) is 33.3. The molecule has 0 atom stereocenters. The lowest BCUT2D eigenvalue weighted by atomic mass is 9.80. The summed E-state index contributed by atoms with van der Waals surface area (Å²) in [4.78, 5) is 2.53. The van der Waals surface area contributed by atoms with Crippen LogP contribution < -0.4 is 4.90 Å². The van der Waals surface area contributed by atoms with Crippen LogP contribution in [0, 0.1) is 0 Å². The zero-order valence-electron chi connectivity index (χ0n) is 28.5. The van der Waals surface area contributed by atoms with Gasteiger partial charge in [0, 0.05) is 22.1 Å². The smallest absolute Gasteiger partial charge is 0.0540 e. The van der Waals surface area contributed by atoms with Gasteiger partial charge in [-0.1, -0.05) is 161 Å². The van der Waals surface area contributed by atoms with E-state index in [1.807, 2.05) is 0 Å². The van der Waals surface area contributed by atoms with Gasteiger partial charge in [-0.05, 0) is 91.5 Å². The van der Waals surface area contributed by atoms with Crippen LogP contribution >= 0.6 is 0 Å². The summed E-state index contributed by atoms with van der Waals surface area (Å²) in [5.74, 6) is 0. The highest BCUT2D eigenvalue weighted by atomic mass is 15.1. The van der Waals surface area contributed by atoms with E-state index in [-0.39, 0.29) is 10.8 Å². The Bertz CT molecular complexity index is 2380. The summed E-state index contributed by atoms with van der Waals surface area (Å²) >= 11 is 0. The molecule has 0 saturated carbocycles. The van der Waals surface area contributed by atoms with E-state index < -0.39 is 0 Å². The van der Waals surface area contributed by atoms with Crippen LogP contribution in [0.2, 0.25) is 0 Å².